The molecule has 1 saturated heterocycles. The highest BCUT2D eigenvalue weighted by atomic mass is 16.5. The third-order valence-corrected chi connectivity index (χ3v) is 5.11. The summed E-state index contributed by atoms with van der Waals surface area (Å²) in [5.74, 6) is 0.993. The maximum Gasteiger partial charge on any atom is 0.226 e. The molecule has 2 aromatic rings. The van der Waals surface area contributed by atoms with Crippen LogP contribution in [0.2, 0.25) is 0 Å². The molecule has 146 valence electrons. The Morgan fingerprint density at radius 2 is 1.86 bits per heavy atom. The number of nitrogens with zero attached hydrogens (tertiary/aromatic N) is 3. The highest BCUT2D eigenvalue weighted by Gasteiger charge is 2.19. The zero-order valence-corrected chi connectivity index (χ0v) is 16.6. The predicted molar refractivity (Wildman–Crippen MR) is 111 cm³/mol. The predicted octanol–water partition coefficient (Wildman–Crippen LogP) is 3.68. The molecular formula is C23H27N3O2. The van der Waals surface area contributed by atoms with Gasteiger partial charge in [-0.25, -0.2) is 0 Å². The van der Waals surface area contributed by atoms with E-state index in [0.29, 0.717) is 25.1 Å². The number of benzene rings is 2. The first kappa shape index (κ1) is 19.8. The summed E-state index contributed by atoms with van der Waals surface area (Å²) in [5.41, 5.74) is 4.07. The van der Waals surface area contributed by atoms with Gasteiger partial charge in [0.15, 0.2) is 0 Å². The van der Waals surface area contributed by atoms with E-state index in [1.54, 1.807) is 0 Å². The lowest BCUT2D eigenvalue weighted by Crippen LogP contribution is -2.35. The number of nitriles is 1. The van der Waals surface area contributed by atoms with Crippen molar-refractivity contribution in [1.29, 1.82) is 5.26 Å². The molecule has 0 saturated carbocycles. The number of anilines is 1. The Bertz CT molecular complexity index is 855. The monoisotopic (exact) mass is 377 g/mol. The Balaban J connectivity index is 1.49. The summed E-state index contributed by atoms with van der Waals surface area (Å²) in [6, 6.07) is 15.9. The van der Waals surface area contributed by atoms with Crippen molar-refractivity contribution in [2.24, 2.45) is 0 Å². The van der Waals surface area contributed by atoms with Crippen molar-refractivity contribution in [2.45, 2.75) is 26.7 Å². The van der Waals surface area contributed by atoms with E-state index in [-0.39, 0.29) is 5.91 Å². The molecule has 0 bridgehead atoms. The topological polar surface area (TPSA) is 56.6 Å². The molecule has 0 atom stereocenters. The van der Waals surface area contributed by atoms with Crippen LogP contribution >= 0.6 is 0 Å². The first-order valence-corrected chi connectivity index (χ1v) is 9.80. The first-order chi connectivity index (χ1) is 13.6. The van der Waals surface area contributed by atoms with E-state index in [4.69, 9.17) is 10.00 Å². The van der Waals surface area contributed by atoms with Gasteiger partial charge in [-0.3, -0.25) is 4.79 Å². The van der Waals surface area contributed by atoms with Gasteiger partial charge in [-0.15, -0.1) is 0 Å². The number of aryl methyl sites for hydroxylation is 2. The minimum atomic E-state index is 0.145. The van der Waals surface area contributed by atoms with Crippen LogP contribution in [0.1, 0.15) is 29.5 Å². The van der Waals surface area contributed by atoms with Gasteiger partial charge in [0, 0.05) is 31.9 Å². The van der Waals surface area contributed by atoms with Gasteiger partial charge in [0.05, 0.1) is 24.7 Å². The molecule has 0 aromatic heterocycles. The number of rotatable bonds is 5. The van der Waals surface area contributed by atoms with Gasteiger partial charge >= 0.3 is 0 Å². The molecule has 2 aromatic carbocycles. The van der Waals surface area contributed by atoms with Crippen molar-refractivity contribution < 1.29 is 9.53 Å². The Morgan fingerprint density at radius 3 is 2.57 bits per heavy atom. The molecule has 0 N–H and O–H groups in total. The molecule has 28 heavy (non-hydrogen) atoms. The van der Waals surface area contributed by atoms with Crippen molar-refractivity contribution in [3.8, 4) is 11.8 Å². The summed E-state index contributed by atoms with van der Waals surface area (Å²) in [4.78, 5) is 16.8. The van der Waals surface area contributed by atoms with Crippen molar-refractivity contribution in [3.05, 3.63) is 59.2 Å². The van der Waals surface area contributed by atoms with Gasteiger partial charge in [-0.05, 0) is 56.2 Å². The third kappa shape index (κ3) is 5.04. The Hall–Kier alpha value is -3.00. The summed E-state index contributed by atoms with van der Waals surface area (Å²) in [5, 5.41) is 8.93. The second-order valence-electron chi connectivity index (χ2n) is 7.25. The van der Waals surface area contributed by atoms with E-state index < -0.39 is 0 Å². The van der Waals surface area contributed by atoms with Crippen LogP contribution in [0.4, 0.5) is 5.69 Å². The van der Waals surface area contributed by atoms with Gasteiger partial charge in [0.1, 0.15) is 5.75 Å². The third-order valence-electron chi connectivity index (χ3n) is 5.11. The fourth-order valence-electron chi connectivity index (χ4n) is 3.54. The Morgan fingerprint density at radius 1 is 1.07 bits per heavy atom. The molecule has 3 rings (SSSR count). The van der Waals surface area contributed by atoms with Gasteiger partial charge in [-0.1, -0.05) is 17.7 Å². The average Bonchev–Trinajstić information content (AvgIpc) is 2.96. The number of hydrogen-bond acceptors (Lipinski definition) is 4. The molecule has 1 heterocycles. The molecule has 0 aliphatic carbocycles. The number of ether oxygens (including phenoxy) is 1. The van der Waals surface area contributed by atoms with Crippen molar-refractivity contribution in [1.82, 2.24) is 4.90 Å². The lowest BCUT2D eigenvalue weighted by Gasteiger charge is -2.24. The van der Waals surface area contributed by atoms with E-state index in [0.717, 1.165) is 43.1 Å². The average molecular weight is 377 g/mol. The number of carbonyl (C=O) groups excluding carboxylic acids is 1. The summed E-state index contributed by atoms with van der Waals surface area (Å²) < 4.78 is 5.81. The number of hydrogen-bond donors (Lipinski definition) is 0. The van der Waals surface area contributed by atoms with Crippen molar-refractivity contribution in [2.75, 3.05) is 37.7 Å². The fraction of sp³-hybridized carbons (Fsp3) is 0.391. The maximum atomic E-state index is 12.6. The number of amides is 1. The lowest BCUT2D eigenvalue weighted by atomic mass is 10.1. The van der Waals surface area contributed by atoms with E-state index in [1.165, 1.54) is 5.56 Å². The Labute approximate surface area is 167 Å². The van der Waals surface area contributed by atoms with Crippen LogP contribution in [0.25, 0.3) is 0 Å². The van der Waals surface area contributed by atoms with Gasteiger partial charge in [-0.2, -0.15) is 5.26 Å². The molecule has 1 amide bonds. The molecule has 5 heteroatoms. The van der Waals surface area contributed by atoms with Crippen LogP contribution < -0.4 is 9.64 Å². The quantitative estimate of drug-likeness (QED) is 0.798. The second-order valence-corrected chi connectivity index (χ2v) is 7.25. The molecular weight excluding hydrogens is 350 g/mol. The summed E-state index contributed by atoms with van der Waals surface area (Å²) >= 11 is 0. The maximum absolute atomic E-state index is 12.6. The highest BCUT2D eigenvalue weighted by Crippen LogP contribution is 2.20. The van der Waals surface area contributed by atoms with Gasteiger partial charge in [0.25, 0.3) is 0 Å². The number of carbonyl (C=O) groups is 1. The van der Waals surface area contributed by atoms with Crippen LogP contribution in [0.15, 0.2) is 42.5 Å². The molecule has 0 unspecified atom stereocenters. The largest absolute Gasteiger partial charge is 0.493 e. The zero-order valence-electron chi connectivity index (χ0n) is 16.6. The molecule has 5 nitrogen and oxygen atoms in total. The van der Waals surface area contributed by atoms with Crippen LogP contribution in [0, 0.1) is 25.2 Å². The van der Waals surface area contributed by atoms with Crippen LogP contribution in [0.3, 0.4) is 0 Å². The highest BCUT2D eigenvalue weighted by molar-refractivity contribution is 5.76. The molecule has 1 fully saturated rings. The van der Waals surface area contributed by atoms with Crippen LogP contribution in [-0.4, -0.2) is 43.6 Å². The Kier molecular flexibility index (Phi) is 6.54. The second kappa shape index (κ2) is 9.27. The van der Waals surface area contributed by atoms with E-state index in [2.05, 4.69) is 24.0 Å². The smallest absolute Gasteiger partial charge is 0.226 e. The standard InChI is InChI=1S/C23H27N3O2/c1-18-4-9-22(19(2)16-18)28-15-10-23(27)26-12-3-11-25(13-14-26)21-7-5-20(17-24)6-8-21/h4-9,16H,3,10-15H2,1-2H3. The normalized spacial score (nSPS) is 14.3. The van der Waals surface area contributed by atoms with E-state index in [9.17, 15) is 4.79 Å². The van der Waals surface area contributed by atoms with Crippen LogP contribution in [-0.2, 0) is 4.79 Å². The SMILES string of the molecule is Cc1ccc(OCCC(=O)N2CCCN(c3ccc(C#N)cc3)CC2)c(C)c1. The minimum absolute atomic E-state index is 0.145. The molecule has 0 spiro atoms. The minimum Gasteiger partial charge on any atom is -0.493 e. The molecule has 0 radical (unpaired) electrons. The van der Waals surface area contributed by atoms with E-state index in [1.807, 2.05) is 48.2 Å². The fourth-order valence-corrected chi connectivity index (χ4v) is 3.54. The molecule has 1 aliphatic rings. The summed E-state index contributed by atoms with van der Waals surface area (Å²) in [6.07, 6.45) is 1.33. The van der Waals surface area contributed by atoms with Crippen LogP contribution in [0.5, 0.6) is 5.75 Å². The van der Waals surface area contributed by atoms with Crippen molar-refractivity contribution >= 4 is 11.6 Å². The lowest BCUT2D eigenvalue weighted by molar-refractivity contribution is -0.131. The van der Waals surface area contributed by atoms with E-state index >= 15 is 0 Å². The van der Waals surface area contributed by atoms with Gasteiger partial charge in [0.2, 0.25) is 5.91 Å². The van der Waals surface area contributed by atoms with Crippen molar-refractivity contribution in [3.63, 3.8) is 0 Å². The first-order valence-electron chi connectivity index (χ1n) is 9.80. The summed E-state index contributed by atoms with van der Waals surface area (Å²) in [7, 11) is 0. The van der Waals surface area contributed by atoms with Gasteiger partial charge < -0.3 is 14.5 Å². The molecule has 1 aliphatic heterocycles. The summed E-state index contributed by atoms with van der Waals surface area (Å²) in [6.45, 7) is 7.68. The zero-order chi connectivity index (χ0) is 19.9.